The van der Waals surface area contributed by atoms with Crippen molar-refractivity contribution in [1.29, 1.82) is 0 Å². The summed E-state index contributed by atoms with van der Waals surface area (Å²) >= 11 is 0. The molecule has 0 amide bonds. The van der Waals surface area contributed by atoms with E-state index in [-0.39, 0.29) is 6.10 Å². The number of morpholine rings is 1. The third-order valence-corrected chi connectivity index (χ3v) is 4.59. The van der Waals surface area contributed by atoms with Gasteiger partial charge in [-0.2, -0.15) is 0 Å². The van der Waals surface area contributed by atoms with E-state index in [1.807, 2.05) is 13.1 Å². The van der Waals surface area contributed by atoms with Gasteiger partial charge in [-0.05, 0) is 25.5 Å². The fourth-order valence-electron chi connectivity index (χ4n) is 3.26. The van der Waals surface area contributed by atoms with Crippen LogP contribution in [0.2, 0.25) is 0 Å². The van der Waals surface area contributed by atoms with E-state index in [1.165, 1.54) is 5.69 Å². The van der Waals surface area contributed by atoms with Crippen molar-refractivity contribution < 1.29 is 4.74 Å². The van der Waals surface area contributed by atoms with Gasteiger partial charge in [0.1, 0.15) is 11.9 Å². The van der Waals surface area contributed by atoms with Crippen molar-refractivity contribution in [2.75, 3.05) is 38.7 Å². The molecule has 1 fully saturated rings. The van der Waals surface area contributed by atoms with Gasteiger partial charge in [0.05, 0.1) is 18.8 Å². The molecular weight excluding hydrogens is 314 g/mol. The van der Waals surface area contributed by atoms with E-state index in [0.29, 0.717) is 0 Å². The van der Waals surface area contributed by atoms with Gasteiger partial charge >= 0.3 is 0 Å². The van der Waals surface area contributed by atoms with Crippen molar-refractivity contribution >= 4 is 5.69 Å². The molecule has 25 heavy (non-hydrogen) atoms. The Hall–Kier alpha value is -1.92. The van der Waals surface area contributed by atoms with Crippen LogP contribution in [0.5, 0.6) is 0 Å². The zero-order valence-electron chi connectivity index (χ0n) is 15.8. The van der Waals surface area contributed by atoms with Gasteiger partial charge in [-0.25, -0.2) is 4.98 Å². The molecule has 0 radical (unpaired) electrons. The SMILES string of the molecule is CCCn1ccnc1CN1CCO[C@H](c2cc(N(C)C)cc(C)n2)C1. The number of imidazole rings is 1. The molecule has 2 aromatic rings. The molecule has 3 rings (SSSR count). The van der Waals surface area contributed by atoms with Crippen LogP contribution in [-0.4, -0.2) is 53.2 Å². The molecule has 0 unspecified atom stereocenters. The number of rotatable bonds is 6. The summed E-state index contributed by atoms with van der Waals surface area (Å²) in [5, 5.41) is 0. The number of nitrogens with zero attached hydrogens (tertiary/aromatic N) is 5. The van der Waals surface area contributed by atoms with Gasteiger partial charge < -0.3 is 14.2 Å². The lowest BCUT2D eigenvalue weighted by Crippen LogP contribution is -2.38. The lowest BCUT2D eigenvalue weighted by molar-refractivity contribution is -0.0360. The third kappa shape index (κ3) is 4.38. The van der Waals surface area contributed by atoms with Crippen molar-refractivity contribution in [2.24, 2.45) is 0 Å². The minimum atomic E-state index is 0.0157. The second-order valence-corrected chi connectivity index (χ2v) is 6.92. The summed E-state index contributed by atoms with van der Waals surface area (Å²) in [5.41, 5.74) is 3.22. The number of ether oxygens (including phenoxy) is 1. The zero-order chi connectivity index (χ0) is 17.8. The maximum Gasteiger partial charge on any atom is 0.122 e. The van der Waals surface area contributed by atoms with Gasteiger partial charge in [0.25, 0.3) is 0 Å². The molecule has 136 valence electrons. The largest absolute Gasteiger partial charge is 0.378 e. The van der Waals surface area contributed by atoms with Crippen LogP contribution >= 0.6 is 0 Å². The average Bonchev–Trinajstić information content (AvgIpc) is 3.02. The molecule has 1 atom stereocenters. The van der Waals surface area contributed by atoms with Gasteiger partial charge in [0.2, 0.25) is 0 Å². The second-order valence-electron chi connectivity index (χ2n) is 6.92. The first-order valence-electron chi connectivity index (χ1n) is 9.06. The van der Waals surface area contributed by atoms with E-state index in [1.54, 1.807) is 0 Å². The van der Waals surface area contributed by atoms with Gasteiger partial charge in [-0.3, -0.25) is 9.88 Å². The minimum absolute atomic E-state index is 0.0157. The second kappa shape index (κ2) is 7.97. The van der Waals surface area contributed by atoms with E-state index < -0.39 is 0 Å². The van der Waals surface area contributed by atoms with Crippen LogP contribution in [0.25, 0.3) is 0 Å². The highest BCUT2D eigenvalue weighted by Crippen LogP contribution is 2.25. The quantitative estimate of drug-likeness (QED) is 0.807. The van der Waals surface area contributed by atoms with E-state index in [4.69, 9.17) is 9.72 Å². The van der Waals surface area contributed by atoms with E-state index in [9.17, 15) is 0 Å². The van der Waals surface area contributed by atoms with Crippen LogP contribution in [0.3, 0.4) is 0 Å². The monoisotopic (exact) mass is 343 g/mol. The first kappa shape index (κ1) is 17.9. The predicted molar refractivity (Wildman–Crippen MR) is 99.8 cm³/mol. The van der Waals surface area contributed by atoms with Gasteiger partial charge in [0, 0.05) is 57.5 Å². The van der Waals surface area contributed by atoms with Crippen LogP contribution in [0.4, 0.5) is 5.69 Å². The normalized spacial score (nSPS) is 18.5. The highest BCUT2D eigenvalue weighted by Gasteiger charge is 2.24. The molecule has 0 bridgehead atoms. The summed E-state index contributed by atoms with van der Waals surface area (Å²) in [6.07, 6.45) is 5.11. The number of pyridine rings is 1. The molecule has 2 aromatic heterocycles. The Kier molecular flexibility index (Phi) is 5.71. The Morgan fingerprint density at radius 2 is 2.16 bits per heavy atom. The van der Waals surface area contributed by atoms with Crippen molar-refractivity contribution in [1.82, 2.24) is 19.4 Å². The summed E-state index contributed by atoms with van der Waals surface area (Å²) in [6, 6.07) is 4.24. The maximum atomic E-state index is 6.03. The number of aryl methyl sites for hydroxylation is 2. The summed E-state index contributed by atoms with van der Waals surface area (Å²) in [5.74, 6) is 1.13. The Balaban J connectivity index is 1.72. The lowest BCUT2D eigenvalue weighted by Gasteiger charge is -2.33. The molecule has 1 aliphatic heterocycles. The Bertz CT molecular complexity index is 697. The molecule has 0 aromatic carbocycles. The topological polar surface area (TPSA) is 46.4 Å². The zero-order valence-corrected chi connectivity index (χ0v) is 15.8. The van der Waals surface area contributed by atoms with Crippen LogP contribution in [0.15, 0.2) is 24.5 Å². The van der Waals surface area contributed by atoms with Gasteiger partial charge in [-0.1, -0.05) is 6.92 Å². The number of hydrogen-bond donors (Lipinski definition) is 0. The highest BCUT2D eigenvalue weighted by atomic mass is 16.5. The summed E-state index contributed by atoms with van der Waals surface area (Å²) in [6.45, 7) is 8.63. The van der Waals surface area contributed by atoms with Crippen molar-refractivity contribution in [3.05, 3.63) is 41.7 Å². The molecule has 3 heterocycles. The van der Waals surface area contributed by atoms with Crippen molar-refractivity contribution in [2.45, 2.75) is 39.5 Å². The standard InChI is InChI=1S/C19H29N5O/c1-5-7-24-8-6-20-19(24)14-23-9-10-25-18(13-23)17-12-16(22(3)4)11-15(2)21-17/h6,8,11-12,18H,5,7,9-10,13-14H2,1-4H3/t18-/m0/s1. The Labute approximate surface area is 150 Å². The average molecular weight is 343 g/mol. The van der Waals surface area contributed by atoms with Crippen LogP contribution in [-0.2, 0) is 17.8 Å². The predicted octanol–water partition coefficient (Wildman–Crippen LogP) is 2.64. The van der Waals surface area contributed by atoms with Crippen LogP contribution < -0.4 is 4.90 Å². The third-order valence-electron chi connectivity index (χ3n) is 4.59. The summed E-state index contributed by atoms with van der Waals surface area (Å²) in [7, 11) is 4.11. The molecule has 0 aliphatic carbocycles. The first-order valence-corrected chi connectivity index (χ1v) is 9.06. The van der Waals surface area contributed by atoms with Crippen LogP contribution in [0.1, 0.15) is 36.7 Å². The number of anilines is 1. The van der Waals surface area contributed by atoms with Crippen molar-refractivity contribution in [3.63, 3.8) is 0 Å². The van der Waals surface area contributed by atoms with E-state index >= 15 is 0 Å². The van der Waals surface area contributed by atoms with Crippen LogP contribution in [0, 0.1) is 6.92 Å². The highest BCUT2D eigenvalue weighted by molar-refractivity contribution is 5.47. The fourth-order valence-corrected chi connectivity index (χ4v) is 3.26. The molecular formula is C19H29N5O. The smallest absolute Gasteiger partial charge is 0.122 e. The first-order chi connectivity index (χ1) is 12.1. The summed E-state index contributed by atoms with van der Waals surface area (Å²) in [4.78, 5) is 13.8. The summed E-state index contributed by atoms with van der Waals surface area (Å²) < 4.78 is 8.28. The fraction of sp³-hybridized carbons (Fsp3) is 0.579. The molecule has 0 saturated carbocycles. The maximum absolute atomic E-state index is 6.03. The molecule has 0 N–H and O–H groups in total. The number of aromatic nitrogens is 3. The number of hydrogen-bond acceptors (Lipinski definition) is 5. The van der Waals surface area contributed by atoms with E-state index in [2.05, 4.69) is 58.7 Å². The van der Waals surface area contributed by atoms with E-state index in [0.717, 1.165) is 56.4 Å². The minimum Gasteiger partial charge on any atom is -0.378 e. The van der Waals surface area contributed by atoms with Crippen molar-refractivity contribution in [3.8, 4) is 0 Å². The molecule has 0 spiro atoms. The molecule has 1 saturated heterocycles. The molecule has 6 nitrogen and oxygen atoms in total. The molecule has 6 heteroatoms. The van der Waals surface area contributed by atoms with Gasteiger partial charge in [-0.15, -0.1) is 0 Å². The Morgan fingerprint density at radius 1 is 1.32 bits per heavy atom. The lowest BCUT2D eigenvalue weighted by atomic mass is 10.1. The van der Waals surface area contributed by atoms with Gasteiger partial charge in [0.15, 0.2) is 0 Å². The molecule has 1 aliphatic rings. The Morgan fingerprint density at radius 3 is 2.92 bits per heavy atom.